The highest BCUT2D eigenvalue weighted by Crippen LogP contribution is 2.24. The number of aromatic nitrogens is 2. The molecule has 1 aromatic carbocycles. The highest BCUT2D eigenvalue weighted by Gasteiger charge is 2.18. The number of nitrogens with two attached hydrogens (primary N) is 1. The van der Waals surface area contributed by atoms with Crippen LogP contribution in [0.3, 0.4) is 0 Å². The normalized spacial score (nSPS) is 12.9. The molecule has 0 aliphatic rings. The molecule has 0 fully saturated rings. The van der Waals surface area contributed by atoms with Crippen LogP contribution in [0.1, 0.15) is 37.2 Å². The van der Waals surface area contributed by atoms with Crippen LogP contribution in [-0.2, 0) is 6.42 Å². The summed E-state index contributed by atoms with van der Waals surface area (Å²) in [4.78, 5) is 4.30. The fourth-order valence-electron chi connectivity index (χ4n) is 1.59. The van der Waals surface area contributed by atoms with E-state index in [-0.39, 0.29) is 12.0 Å². The molecule has 1 heterocycles. The predicted molar refractivity (Wildman–Crippen MR) is 75.3 cm³/mol. The van der Waals surface area contributed by atoms with E-state index in [2.05, 4.69) is 10.1 Å². The maximum absolute atomic E-state index is 5.96. The van der Waals surface area contributed by atoms with Crippen LogP contribution in [0.5, 0.6) is 0 Å². The molecular weight excluding hydrogens is 285 g/mol. The molecule has 0 bridgehead atoms. The Morgan fingerprint density at radius 2 is 2.00 bits per heavy atom. The van der Waals surface area contributed by atoms with E-state index in [0.29, 0.717) is 28.2 Å². The number of nitrogens with zero attached hydrogens (tertiary/aromatic N) is 2. The van der Waals surface area contributed by atoms with Gasteiger partial charge < -0.3 is 10.3 Å². The van der Waals surface area contributed by atoms with Gasteiger partial charge >= 0.3 is 0 Å². The second kappa shape index (κ2) is 5.90. The van der Waals surface area contributed by atoms with Gasteiger partial charge in [0.2, 0.25) is 5.89 Å². The van der Waals surface area contributed by atoms with Gasteiger partial charge in [0, 0.05) is 6.42 Å². The Labute approximate surface area is 121 Å². The van der Waals surface area contributed by atoms with Crippen molar-refractivity contribution in [3.63, 3.8) is 0 Å². The molecule has 0 aliphatic heterocycles. The first-order chi connectivity index (χ1) is 8.97. The van der Waals surface area contributed by atoms with Crippen molar-refractivity contribution < 1.29 is 4.52 Å². The van der Waals surface area contributed by atoms with Gasteiger partial charge in [-0.25, -0.2) is 0 Å². The number of hydrogen-bond acceptors (Lipinski definition) is 4. The van der Waals surface area contributed by atoms with Gasteiger partial charge in [0.05, 0.1) is 16.1 Å². The Morgan fingerprint density at radius 1 is 1.26 bits per heavy atom. The molecule has 0 radical (unpaired) electrons. The zero-order valence-corrected chi connectivity index (χ0v) is 12.2. The third kappa shape index (κ3) is 3.47. The van der Waals surface area contributed by atoms with Crippen LogP contribution in [0.4, 0.5) is 0 Å². The molecule has 1 aromatic heterocycles. The molecule has 2 N–H and O–H groups in total. The minimum Gasteiger partial charge on any atom is -0.338 e. The number of benzene rings is 1. The molecule has 1 atom stereocenters. The number of halogens is 2. The lowest BCUT2D eigenvalue weighted by Crippen LogP contribution is -2.17. The summed E-state index contributed by atoms with van der Waals surface area (Å²) in [5.74, 6) is 1.30. The topological polar surface area (TPSA) is 64.9 Å². The molecule has 2 rings (SSSR count). The van der Waals surface area contributed by atoms with E-state index >= 15 is 0 Å². The van der Waals surface area contributed by atoms with Crippen molar-refractivity contribution in [1.29, 1.82) is 0 Å². The van der Waals surface area contributed by atoms with Gasteiger partial charge in [-0.05, 0) is 23.6 Å². The largest absolute Gasteiger partial charge is 0.338 e. The van der Waals surface area contributed by atoms with Crippen LogP contribution >= 0.6 is 23.2 Å². The first-order valence-corrected chi connectivity index (χ1v) is 6.75. The summed E-state index contributed by atoms with van der Waals surface area (Å²) in [5, 5.41) is 4.97. The summed E-state index contributed by atoms with van der Waals surface area (Å²) in [7, 11) is 0. The summed E-state index contributed by atoms with van der Waals surface area (Å²) in [5.41, 5.74) is 6.93. The van der Waals surface area contributed by atoms with Gasteiger partial charge in [0.15, 0.2) is 5.82 Å². The van der Waals surface area contributed by atoms with E-state index < -0.39 is 0 Å². The summed E-state index contributed by atoms with van der Waals surface area (Å²) in [6, 6.07) is 5.18. The van der Waals surface area contributed by atoms with Crippen LogP contribution in [-0.4, -0.2) is 10.1 Å². The molecule has 0 unspecified atom stereocenters. The van der Waals surface area contributed by atoms with Crippen LogP contribution in [0.15, 0.2) is 22.7 Å². The first kappa shape index (κ1) is 14.3. The second-order valence-corrected chi connectivity index (χ2v) is 5.56. The van der Waals surface area contributed by atoms with Crippen LogP contribution in [0, 0.1) is 5.92 Å². The van der Waals surface area contributed by atoms with E-state index in [1.54, 1.807) is 12.1 Å². The lowest BCUT2D eigenvalue weighted by molar-refractivity contribution is 0.322. The SMILES string of the molecule is CC(C)[C@@H](N)c1nc(Cc2ccc(Cl)c(Cl)c2)no1. The van der Waals surface area contributed by atoms with Crippen molar-refractivity contribution >= 4 is 23.2 Å². The van der Waals surface area contributed by atoms with Gasteiger partial charge in [-0.3, -0.25) is 0 Å². The van der Waals surface area contributed by atoms with Crippen molar-refractivity contribution in [1.82, 2.24) is 10.1 Å². The molecule has 19 heavy (non-hydrogen) atoms. The average molecular weight is 300 g/mol. The standard InChI is InChI=1S/C13H15Cl2N3O/c1-7(2)12(16)13-17-11(18-19-13)6-8-3-4-9(14)10(15)5-8/h3-5,7,12H,6,16H2,1-2H3/t12-/m1/s1. The maximum Gasteiger partial charge on any atom is 0.243 e. The molecule has 0 saturated heterocycles. The summed E-state index contributed by atoms with van der Waals surface area (Å²) in [6.45, 7) is 4.01. The second-order valence-electron chi connectivity index (χ2n) is 4.74. The maximum atomic E-state index is 5.96. The van der Waals surface area contributed by atoms with E-state index in [0.717, 1.165) is 5.56 Å². The fourth-order valence-corrected chi connectivity index (χ4v) is 1.91. The molecule has 0 saturated carbocycles. The summed E-state index contributed by atoms with van der Waals surface area (Å²) in [6.07, 6.45) is 0.533. The van der Waals surface area contributed by atoms with Crippen molar-refractivity contribution in [2.45, 2.75) is 26.3 Å². The summed E-state index contributed by atoms with van der Waals surface area (Å²) < 4.78 is 5.17. The lowest BCUT2D eigenvalue weighted by Gasteiger charge is -2.09. The van der Waals surface area contributed by atoms with Crippen molar-refractivity contribution in [2.24, 2.45) is 11.7 Å². The lowest BCUT2D eigenvalue weighted by atomic mass is 10.1. The Kier molecular flexibility index (Phi) is 4.45. The van der Waals surface area contributed by atoms with Crippen molar-refractivity contribution in [3.05, 3.63) is 45.5 Å². The Hall–Kier alpha value is -1.10. The van der Waals surface area contributed by atoms with E-state index in [1.807, 2.05) is 19.9 Å². The van der Waals surface area contributed by atoms with Crippen molar-refractivity contribution in [3.8, 4) is 0 Å². The quantitative estimate of drug-likeness (QED) is 0.936. The predicted octanol–water partition coefficient (Wildman–Crippen LogP) is 3.62. The third-order valence-electron chi connectivity index (χ3n) is 2.83. The Balaban J connectivity index is 2.13. The van der Waals surface area contributed by atoms with E-state index in [1.165, 1.54) is 0 Å². The molecule has 4 nitrogen and oxygen atoms in total. The third-order valence-corrected chi connectivity index (χ3v) is 3.57. The molecule has 6 heteroatoms. The molecule has 2 aromatic rings. The fraction of sp³-hybridized carbons (Fsp3) is 0.385. The molecule has 102 valence electrons. The van der Waals surface area contributed by atoms with Gasteiger partial charge in [0.25, 0.3) is 0 Å². The van der Waals surface area contributed by atoms with Gasteiger partial charge in [-0.1, -0.05) is 48.3 Å². The van der Waals surface area contributed by atoms with Gasteiger partial charge in [0.1, 0.15) is 0 Å². The minimum absolute atomic E-state index is 0.241. The summed E-state index contributed by atoms with van der Waals surface area (Å²) >= 11 is 11.8. The number of hydrogen-bond donors (Lipinski definition) is 1. The first-order valence-electron chi connectivity index (χ1n) is 5.99. The zero-order chi connectivity index (χ0) is 14.0. The van der Waals surface area contributed by atoms with E-state index in [9.17, 15) is 0 Å². The molecule has 0 amide bonds. The highest BCUT2D eigenvalue weighted by atomic mass is 35.5. The molecular formula is C13H15Cl2N3O. The minimum atomic E-state index is -0.241. The number of rotatable bonds is 4. The van der Waals surface area contributed by atoms with Crippen LogP contribution < -0.4 is 5.73 Å². The smallest absolute Gasteiger partial charge is 0.243 e. The Bertz CT molecular complexity index is 569. The molecule has 0 spiro atoms. The highest BCUT2D eigenvalue weighted by molar-refractivity contribution is 6.42. The average Bonchev–Trinajstić information content (AvgIpc) is 2.81. The van der Waals surface area contributed by atoms with Gasteiger partial charge in [-0.2, -0.15) is 4.98 Å². The monoisotopic (exact) mass is 299 g/mol. The van der Waals surface area contributed by atoms with Crippen LogP contribution in [0.2, 0.25) is 10.0 Å². The van der Waals surface area contributed by atoms with Crippen LogP contribution in [0.25, 0.3) is 0 Å². The van der Waals surface area contributed by atoms with Gasteiger partial charge in [-0.15, -0.1) is 0 Å². The molecule has 0 aliphatic carbocycles. The van der Waals surface area contributed by atoms with E-state index in [4.69, 9.17) is 33.5 Å². The Morgan fingerprint density at radius 3 is 2.63 bits per heavy atom. The zero-order valence-electron chi connectivity index (χ0n) is 10.7. The van der Waals surface area contributed by atoms with Crippen molar-refractivity contribution in [2.75, 3.05) is 0 Å².